The van der Waals surface area contributed by atoms with Gasteiger partial charge in [0.15, 0.2) is 5.84 Å². The second kappa shape index (κ2) is 8.35. The van der Waals surface area contributed by atoms with Crippen LogP contribution in [0.4, 0.5) is 0 Å². The summed E-state index contributed by atoms with van der Waals surface area (Å²) in [6.45, 7) is 7.11. The van der Waals surface area contributed by atoms with Crippen molar-refractivity contribution in [3.63, 3.8) is 0 Å². The van der Waals surface area contributed by atoms with Crippen LogP contribution < -0.4 is 5.73 Å². The average Bonchev–Trinajstić information content (AvgIpc) is 2.26. The molecule has 0 radical (unpaired) electrons. The van der Waals surface area contributed by atoms with Gasteiger partial charge >= 0.3 is 0 Å². The first-order chi connectivity index (χ1) is 7.56. The molecule has 0 aromatic heterocycles. The average molecular weight is 230 g/mol. The van der Waals surface area contributed by atoms with Gasteiger partial charge in [-0.25, -0.2) is 0 Å². The van der Waals surface area contributed by atoms with E-state index in [9.17, 15) is 0 Å². The van der Waals surface area contributed by atoms with Crippen molar-refractivity contribution in [2.24, 2.45) is 10.9 Å². The van der Waals surface area contributed by atoms with Gasteiger partial charge in [0.1, 0.15) is 0 Å². The Kier molecular flexibility index (Phi) is 7.93. The second-order valence-electron chi connectivity index (χ2n) is 4.23. The molecule has 0 aliphatic rings. The third kappa shape index (κ3) is 5.32. The summed E-state index contributed by atoms with van der Waals surface area (Å²) in [6, 6.07) is 0.0529. The Morgan fingerprint density at radius 3 is 2.31 bits per heavy atom. The molecule has 0 saturated carbocycles. The first-order valence-electron chi connectivity index (χ1n) is 5.92. The van der Waals surface area contributed by atoms with Crippen LogP contribution >= 0.6 is 0 Å². The molecule has 0 aliphatic heterocycles. The third-order valence-electron chi connectivity index (χ3n) is 2.74. The van der Waals surface area contributed by atoms with Crippen LogP contribution in [-0.2, 0) is 0 Å². The fraction of sp³-hybridized carbons (Fsp3) is 0.909. The van der Waals surface area contributed by atoms with Crippen molar-refractivity contribution in [2.75, 3.05) is 33.7 Å². The van der Waals surface area contributed by atoms with Crippen molar-refractivity contribution < 1.29 is 5.21 Å². The zero-order chi connectivity index (χ0) is 12.6. The molecule has 0 amide bonds. The van der Waals surface area contributed by atoms with Crippen molar-refractivity contribution in [1.82, 2.24) is 9.80 Å². The largest absolute Gasteiger partial charge is 0.409 e. The number of hydrogen-bond acceptors (Lipinski definition) is 4. The lowest BCUT2D eigenvalue weighted by Crippen LogP contribution is -2.45. The van der Waals surface area contributed by atoms with Crippen molar-refractivity contribution >= 4 is 5.84 Å². The lowest BCUT2D eigenvalue weighted by molar-refractivity contribution is 0.226. The van der Waals surface area contributed by atoms with Crippen LogP contribution in [0.15, 0.2) is 5.16 Å². The number of nitrogens with zero attached hydrogens (tertiary/aromatic N) is 3. The van der Waals surface area contributed by atoms with Gasteiger partial charge in [-0.1, -0.05) is 19.0 Å². The summed E-state index contributed by atoms with van der Waals surface area (Å²) in [6.07, 6.45) is 1.96. The predicted octanol–water partition coefficient (Wildman–Crippen LogP) is 0.785. The first kappa shape index (κ1) is 15.2. The van der Waals surface area contributed by atoms with Crippen LogP contribution in [0.2, 0.25) is 0 Å². The molecular formula is C11H26N4O. The molecule has 5 heteroatoms. The van der Waals surface area contributed by atoms with E-state index >= 15 is 0 Å². The minimum atomic E-state index is 0.0529. The Morgan fingerprint density at radius 2 is 1.94 bits per heavy atom. The molecule has 0 spiro atoms. The van der Waals surface area contributed by atoms with E-state index < -0.39 is 0 Å². The lowest BCUT2D eigenvalue weighted by Gasteiger charge is -2.29. The van der Waals surface area contributed by atoms with Gasteiger partial charge in [-0.05, 0) is 40.0 Å². The lowest BCUT2D eigenvalue weighted by atomic mass is 10.1. The van der Waals surface area contributed by atoms with E-state index in [1.807, 2.05) is 0 Å². The highest BCUT2D eigenvalue weighted by molar-refractivity contribution is 5.85. The SMILES string of the molecule is CCC(C(N)=NO)N(CC)CCCN(C)C. The van der Waals surface area contributed by atoms with Gasteiger partial charge in [-0.2, -0.15) is 0 Å². The zero-order valence-corrected chi connectivity index (χ0v) is 11.0. The monoisotopic (exact) mass is 230 g/mol. The number of likely N-dealkylation sites (N-methyl/N-ethyl adjacent to an activating group) is 1. The summed E-state index contributed by atoms with van der Waals surface area (Å²) in [7, 11) is 4.13. The van der Waals surface area contributed by atoms with Crippen molar-refractivity contribution in [1.29, 1.82) is 0 Å². The molecule has 0 aromatic rings. The maximum absolute atomic E-state index is 8.72. The molecule has 3 N–H and O–H groups in total. The number of nitrogens with two attached hydrogens (primary N) is 1. The summed E-state index contributed by atoms with van der Waals surface area (Å²) >= 11 is 0. The maximum atomic E-state index is 8.72. The van der Waals surface area contributed by atoms with E-state index in [0.717, 1.165) is 32.5 Å². The second-order valence-corrected chi connectivity index (χ2v) is 4.23. The van der Waals surface area contributed by atoms with E-state index in [1.165, 1.54) is 0 Å². The molecule has 0 bridgehead atoms. The summed E-state index contributed by atoms with van der Waals surface area (Å²) in [5.74, 6) is 0.314. The summed E-state index contributed by atoms with van der Waals surface area (Å²) in [5, 5.41) is 11.8. The van der Waals surface area contributed by atoms with Crippen molar-refractivity contribution in [3.05, 3.63) is 0 Å². The number of rotatable bonds is 8. The molecule has 5 nitrogen and oxygen atoms in total. The minimum Gasteiger partial charge on any atom is -0.409 e. The molecule has 1 atom stereocenters. The van der Waals surface area contributed by atoms with Gasteiger partial charge in [0.25, 0.3) is 0 Å². The van der Waals surface area contributed by atoms with E-state index in [-0.39, 0.29) is 6.04 Å². The van der Waals surface area contributed by atoms with Crippen LogP contribution in [0.1, 0.15) is 26.7 Å². The summed E-state index contributed by atoms with van der Waals surface area (Å²) < 4.78 is 0. The molecule has 0 saturated heterocycles. The number of oxime groups is 1. The van der Waals surface area contributed by atoms with E-state index in [2.05, 4.69) is 42.9 Å². The van der Waals surface area contributed by atoms with Gasteiger partial charge in [-0.3, -0.25) is 4.90 Å². The summed E-state index contributed by atoms with van der Waals surface area (Å²) in [5.41, 5.74) is 5.68. The molecule has 96 valence electrons. The highest BCUT2D eigenvalue weighted by atomic mass is 16.4. The highest BCUT2D eigenvalue weighted by Crippen LogP contribution is 2.05. The quantitative estimate of drug-likeness (QED) is 0.280. The predicted molar refractivity (Wildman–Crippen MR) is 67.9 cm³/mol. The van der Waals surface area contributed by atoms with E-state index in [1.54, 1.807) is 0 Å². The molecule has 0 heterocycles. The molecule has 16 heavy (non-hydrogen) atoms. The van der Waals surface area contributed by atoms with Crippen LogP contribution in [0.3, 0.4) is 0 Å². The van der Waals surface area contributed by atoms with Gasteiger partial charge in [0.2, 0.25) is 0 Å². The Bertz CT molecular complexity index is 206. The van der Waals surface area contributed by atoms with Gasteiger partial charge in [-0.15, -0.1) is 0 Å². The Morgan fingerprint density at radius 1 is 1.31 bits per heavy atom. The summed E-state index contributed by atoms with van der Waals surface area (Å²) in [4.78, 5) is 4.41. The molecule has 0 aromatic carbocycles. The molecule has 0 rings (SSSR count). The third-order valence-corrected chi connectivity index (χ3v) is 2.74. The van der Waals surface area contributed by atoms with Crippen molar-refractivity contribution in [2.45, 2.75) is 32.7 Å². The normalized spacial score (nSPS) is 14.8. The zero-order valence-electron chi connectivity index (χ0n) is 11.0. The standard InChI is InChI=1S/C11H26N4O/c1-5-10(11(12)13-16)15(6-2)9-7-8-14(3)4/h10,16H,5-9H2,1-4H3,(H2,12,13). The highest BCUT2D eigenvalue weighted by Gasteiger charge is 2.18. The van der Waals surface area contributed by atoms with Crippen LogP contribution in [-0.4, -0.2) is 60.6 Å². The Balaban J connectivity index is 4.23. The smallest absolute Gasteiger partial charge is 0.156 e. The maximum Gasteiger partial charge on any atom is 0.156 e. The molecule has 1 unspecified atom stereocenters. The van der Waals surface area contributed by atoms with Crippen LogP contribution in [0, 0.1) is 0 Å². The molecule has 0 aliphatic carbocycles. The van der Waals surface area contributed by atoms with Crippen LogP contribution in [0.25, 0.3) is 0 Å². The number of amidine groups is 1. The fourth-order valence-corrected chi connectivity index (χ4v) is 1.85. The number of hydrogen-bond donors (Lipinski definition) is 2. The van der Waals surface area contributed by atoms with E-state index in [4.69, 9.17) is 10.9 Å². The van der Waals surface area contributed by atoms with Crippen LogP contribution in [0.5, 0.6) is 0 Å². The van der Waals surface area contributed by atoms with Gasteiger partial charge in [0.05, 0.1) is 6.04 Å². The Labute approximate surface area is 98.9 Å². The fourth-order valence-electron chi connectivity index (χ4n) is 1.85. The molecular weight excluding hydrogens is 204 g/mol. The Hall–Kier alpha value is -0.810. The molecule has 0 fully saturated rings. The van der Waals surface area contributed by atoms with Gasteiger partial charge in [0, 0.05) is 6.54 Å². The first-order valence-corrected chi connectivity index (χ1v) is 5.92. The topological polar surface area (TPSA) is 65.1 Å². The minimum absolute atomic E-state index is 0.0529. The van der Waals surface area contributed by atoms with E-state index in [0.29, 0.717) is 5.84 Å². The van der Waals surface area contributed by atoms with Gasteiger partial charge < -0.3 is 15.8 Å². The van der Waals surface area contributed by atoms with Crippen molar-refractivity contribution in [3.8, 4) is 0 Å².